The molecule has 0 spiro atoms. The number of para-hydroxylation sites is 1. The summed E-state index contributed by atoms with van der Waals surface area (Å²) < 4.78 is 7.05. The minimum Gasteiger partial charge on any atom is -0.383 e. The molecule has 0 saturated heterocycles. The third-order valence-electron chi connectivity index (χ3n) is 7.12. The third kappa shape index (κ3) is 7.97. The van der Waals surface area contributed by atoms with Gasteiger partial charge >= 0.3 is 6.03 Å². The molecule has 8 nitrogen and oxygen atoms in total. The van der Waals surface area contributed by atoms with E-state index in [1.54, 1.807) is 11.8 Å². The van der Waals surface area contributed by atoms with Gasteiger partial charge in [-0.05, 0) is 48.4 Å². The number of nitrogens with one attached hydrogen (secondary N) is 2. The van der Waals surface area contributed by atoms with Crippen molar-refractivity contribution in [3.8, 4) is 5.69 Å². The Morgan fingerprint density at radius 1 is 0.976 bits per heavy atom. The van der Waals surface area contributed by atoms with E-state index in [-0.39, 0.29) is 42.3 Å². The molecule has 1 heterocycles. The van der Waals surface area contributed by atoms with Gasteiger partial charge in [0.05, 0.1) is 18.0 Å². The van der Waals surface area contributed by atoms with Gasteiger partial charge in [0, 0.05) is 30.8 Å². The molecule has 41 heavy (non-hydrogen) atoms. The number of aryl methyl sites for hydroxylation is 2. The zero-order valence-electron chi connectivity index (χ0n) is 26.4. The second-order valence-corrected chi connectivity index (χ2v) is 12.4. The number of urea groups is 1. The SMILES string of the molecule is COCCN(CC(=O)Nc1cc(C(C)(C)C)nn1-c1ccc(C)cc1C)C(=O)Nc1c(C(C)C)cccc1C(C)C. The van der Waals surface area contributed by atoms with Crippen LogP contribution in [0.3, 0.4) is 0 Å². The van der Waals surface area contributed by atoms with E-state index in [4.69, 9.17) is 9.84 Å². The highest BCUT2D eigenvalue weighted by Crippen LogP contribution is 2.33. The summed E-state index contributed by atoms with van der Waals surface area (Å²) in [5.74, 6) is 0.694. The minimum atomic E-state index is -0.342. The molecule has 2 N–H and O–H groups in total. The van der Waals surface area contributed by atoms with Crippen molar-refractivity contribution in [2.75, 3.05) is 37.4 Å². The minimum absolute atomic E-state index is 0.140. The van der Waals surface area contributed by atoms with Crippen LogP contribution in [-0.4, -0.2) is 53.4 Å². The summed E-state index contributed by atoms with van der Waals surface area (Å²) in [5, 5.41) is 11.0. The van der Waals surface area contributed by atoms with Crippen molar-refractivity contribution in [2.45, 2.75) is 79.6 Å². The number of amides is 3. The van der Waals surface area contributed by atoms with Crippen molar-refractivity contribution in [3.05, 3.63) is 70.4 Å². The number of benzene rings is 2. The van der Waals surface area contributed by atoms with E-state index in [9.17, 15) is 9.59 Å². The summed E-state index contributed by atoms with van der Waals surface area (Å²) in [6.07, 6.45) is 0. The summed E-state index contributed by atoms with van der Waals surface area (Å²) in [6.45, 7) is 19.2. The van der Waals surface area contributed by atoms with Gasteiger partial charge < -0.3 is 20.3 Å². The molecule has 2 aromatic carbocycles. The predicted octanol–water partition coefficient (Wildman–Crippen LogP) is 7.15. The lowest BCUT2D eigenvalue weighted by Gasteiger charge is -2.26. The van der Waals surface area contributed by atoms with Crippen molar-refractivity contribution in [1.29, 1.82) is 0 Å². The molecular formula is C33H47N5O3. The van der Waals surface area contributed by atoms with E-state index in [1.807, 2.05) is 50.2 Å². The summed E-state index contributed by atoms with van der Waals surface area (Å²) in [7, 11) is 1.58. The van der Waals surface area contributed by atoms with E-state index in [0.29, 0.717) is 12.4 Å². The number of rotatable bonds is 10. The number of methoxy groups -OCH3 is 1. The molecule has 0 aliphatic heterocycles. The van der Waals surface area contributed by atoms with Gasteiger partial charge in [0.15, 0.2) is 0 Å². The Kier molecular flexibility index (Phi) is 10.4. The van der Waals surface area contributed by atoms with Crippen molar-refractivity contribution in [2.24, 2.45) is 0 Å². The summed E-state index contributed by atoms with van der Waals surface area (Å²) in [5.41, 5.74) is 6.67. The third-order valence-corrected chi connectivity index (χ3v) is 7.12. The van der Waals surface area contributed by atoms with Gasteiger partial charge in [0.2, 0.25) is 5.91 Å². The second kappa shape index (κ2) is 13.3. The van der Waals surface area contributed by atoms with E-state index in [2.05, 4.69) is 65.2 Å². The number of carbonyl (C=O) groups excluding carboxylic acids is 2. The fraction of sp³-hybridized carbons (Fsp3) is 0.485. The van der Waals surface area contributed by atoms with E-state index in [0.717, 1.165) is 39.3 Å². The molecule has 3 rings (SSSR count). The molecule has 0 bridgehead atoms. The average molecular weight is 562 g/mol. The highest BCUT2D eigenvalue weighted by molar-refractivity contribution is 5.97. The Bertz CT molecular complexity index is 1340. The molecule has 8 heteroatoms. The van der Waals surface area contributed by atoms with Crippen LogP contribution in [0.15, 0.2) is 42.5 Å². The number of hydrogen-bond acceptors (Lipinski definition) is 4. The lowest BCUT2D eigenvalue weighted by atomic mass is 9.92. The number of nitrogens with zero attached hydrogens (tertiary/aromatic N) is 3. The molecule has 0 saturated carbocycles. The zero-order chi connectivity index (χ0) is 30.5. The average Bonchev–Trinajstić information content (AvgIpc) is 3.30. The molecule has 222 valence electrons. The highest BCUT2D eigenvalue weighted by atomic mass is 16.5. The van der Waals surface area contributed by atoms with Gasteiger partial charge in [0.25, 0.3) is 0 Å². The first-order valence-electron chi connectivity index (χ1n) is 14.4. The van der Waals surface area contributed by atoms with Gasteiger partial charge in [0.1, 0.15) is 12.4 Å². The van der Waals surface area contributed by atoms with E-state index < -0.39 is 0 Å². The first-order valence-corrected chi connectivity index (χ1v) is 14.4. The highest BCUT2D eigenvalue weighted by Gasteiger charge is 2.25. The smallest absolute Gasteiger partial charge is 0.322 e. The van der Waals surface area contributed by atoms with Crippen LogP contribution in [0.25, 0.3) is 5.69 Å². The Labute approximate surface area is 245 Å². The first-order chi connectivity index (χ1) is 19.2. The maximum Gasteiger partial charge on any atom is 0.322 e. The Balaban J connectivity index is 1.90. The maximum atomic E-state index is 13.6. The van der Waals surface area contributed by atoms with Crippen molar-refractivity contribution in [3.63, 3.8) is 0 Å². The fourth-order valence-electron chi connectivity index (χ4n) is 4.75. The molecule has 0 aliphatic carbocycles. The first kappa shape index (κ1) is 31.9. The lowest BCUT2D eigenvalue weighted by Crippen LogP contribution is -2.42. The van der Waals surface area contributed by atoms with Crippen LogP contribution in [0, 0.1) is 13.8 Å². The zero-order valence-corrected chi connectivity index (χ0v) is 26.4. The van der Waals surface area contributed by atoms with Gasteiger partial charge in [-0.25, -0.2) is 9.48 Å². The van der Waals surface area contributed by atoms with Crippen LogP contribution in [0.2, 0.25) is 0 Å². The van der Waals surface area contributed by atoms with E-state index >= 15 is 0 Å². The Hall–Kier alpha value is -3.65. The van der Waals surface area contributed by atoms with E-state index in [1.165, 1.54) is 4.90 Å². The second-order valence-electron chi connectivity index (χ2n) is 12.4. The van der Waals surface area contributed by atoms with Gasteiger partial charge in [-0.15, -0.1) is 0 Å². The van der Waals surface area contributed by atoms with Gasteiger partial charge in [-0.1, -0.05) is 84.4 Å². The van der Waals surface area contributed by atoms with Crippen LogP contribution in [0.5, 0.6) is 0 Å². The lowest BCUT2D eigenvalue weighted by molar-refractivity contribution is -0.116. The van der Waals surface area contributed by atoms with Crippen LogP contribution >= 0.6 is 0 Å². The summed E-state index contributed by atoms with van der Waals surface area (Å²) in [6, 6.07) is 13.8. The number of carbonyl (C=O) groups is 2. The standard InChI is InChI=1S/C33H47N5O3/c1-21(2)25-12-11-13-26(22(3)4)31(25)35-32(40)37(16-17-41-10)20-30(39)34-29-19-28(33(7,8)9)36-38(29)27-15-14-23(5)18-24(27)6/h11-15,18-19,21-22H,16-17,20H2,1-10H3,(H,34,39)(H,35,40). The molecular weight excluding hydrogens is 514 g/mol. The fourth-order valence-corrected chi connectivity index (χ4v) is 4.75. The molecule has 3 amide bonds. The molecule has 0 aliphatic rings. The number of anilines is 2. The van der Waals surface area contributed by atoms with Crippen molar-refractivity contribution < 1.29 is 14.3 Å². The molecule has 0 radical (unpaired) electrons. The summed E-state index contributed by atoms with van der Waals surface area (Å²) >= 11 is 0. The maximum absolute atomic E-state index is 13.6. The van der Waals surface area contributed by atoms with Crippen LogP contribution in [-0.2, 0) is 14.9 Å². The molecule has 1 aromatic heterocycles. The topological polar surface area (TPSA) is 88.5 Å². The molecule has 0 unspecified atom stereocenters. The Morgan fingerprint density at radius 2 is 1.61 bits per heavy atom. The molecule has 0 atom stereocenters. The largest absolute Gasteiger partial charge is 0.383 e. The monoisotopic (exact) mass is 561 g/mol. The van der Waals surface area contributed by atoms with Gasteiger partial charge in [-0.3, -0.25) is 4.79 Å². The quantitative estimate of drug-likeness (QED) is 0.275. The van der Waals surface area contributed by atoms with Crippen LogP contribution in [0.4, 0.5) is 16.3 Å². The van der Waals surface area contributed by atoms with Gasteiger partial charge in [-0.2, -0.15) is 5.10 Å². The van der Waals surface area contributed by atoms with Crippen LogP contribution in [0.1, 0.15) is 88.2 Å². The molecule has 3 aromatic rings. The number of aromatic nitrogens is 2. The van der Waals surface area contributed by atoms with Crippen molar-refractivity contribution in [1.82, 2.24) is 14.7 Å². The Morgan fingerprint density at radius 3 is 2.15 bits per heavy atom. The number of ether oxygens (including phenoxy) is 1. The summed E-state index contributed by atoms with van der Waals surface area (Å²) in [4.78, 5) is 28.6. The van der Waals surface area contributed by atoms with Crippen molar-refractivity contribution >= 4 is 23.4 Å². The predicted molar refractivity (Wildman–Crippen MR) is 167 cm³/mol. The normalized spacial score (nSPS) is 11.7. The van der Waals surface area contributed by atoms with Crippen LogP contribution < -0.4 is 10.6 Å². The number of hydrogen-bond donors (Lipinski definition) is 2. The molecule has 0 fully saturated rings.